The Morgan fingerprint density at radius 3 is 0.816 bits per heavy atom. The molecule has 0 aromatic carbocycles. The zero-order chi connectivity index (χ0) is 71.1. The predicted octanol–water partition coefficient (Wildman–Crippen LogP) is 25.9. The lowest BCUT2D eigenvalue weighted by Gasteiger charge is -2.24. The number of unbranched alkanes of at least 4 members (excludes halogenated alkanes) is 18. The highest BCUT2D eigenvalue weighted by molar-refractivity contribution is 7.47. The maximum Gasteiger partial charge on any atom is 0.472 e. The van der Waals surface area contributed by atoms with Gasteiger partial charge in [-0.3, -0.25) is 18.6 Å². The normalized spacial score (nSPS) is 14.3. The van der Waals surface area contributed by atoms with E-state index in [9.17, 15) is 19.0 Å². The van der Waals surface area contributed by atoms with Crippen LogP contribution in [0.15, 0.2) is 219 Å². The first kappa shape index (κ1) is 92.3. The zero-order valence-corrected chi connectivity index (χ0v) is 63.6. The van der Waals surface area contributed by atoms with Crippen molar-refractivity contribution >= 4 is 19.8 Å². The minimum absolute atomic E-state index is 0.0170. The van der Waals surface area contributed by atoms with E-state index in [0.29, 0.717) is 17.4 Å². The number of likely N-dealkylation sites (N-methyl/N-ethyl adjacent to an activating group) is 1. The van der Waals surface area contributed by atoms with E-state index in [1.807, 2.05) is 21.1 Å². The van der Waals surface area contributed by atoms with Crippen LogP contribution in [0.4, 0.5) is 0 Å². The van der Waals surface area contributed by atoms with E-state index < -0.39 is 26.5 Å². The predicted molar refractivity (Wildman–Crippen MR) is 426 cm³/mol. The Hall–Kier alpha value is -5.67. The van der Waals surface area contributed by atoms with E-state index in [4.69, 9.17) is 18.5 Å². The fourth-order valence-electron chi connectivity index (χ4n) is 9.71. The summed E-state index contributed by atoms with van der Waals surface area (Å²) in [5.74, 6) is -0.829. The van der Waals surface area contributed by atoms with Gasteiger partial charge in [-0.2, -0.15) is 0 Å². The summed E-state index contributed by atoms with van der Waals surface area (Å²) in [6.07, 6.45) is 120. The fourth-order valence-corrected chi connectivity index (χ4v) is 10.4. The number of esters is 2. The molecule has 0 saturated carbocycles. The Labute approximate surface area is 601 Å². The molecule has 0 amide bonds. The average molecular weight is 1370 g/mol. The summed E-state index contributed by atoms with van der Waals surface area (Å²) in [6.45, 7) is 4.17. The first-order chi connectivity index (χ1) is 48.0. The Bertz CT molecular complexity index is 2460. The number of allylic oxidation sites excluding steroid dienone is 36. The summed E-state index contributed by atoms with van der Waals surface area (Å²) in [7, 11) is 1.44. The summed E-state index contributed by atoms with van der Waals surface area (Å²) in [5, 5.41) is 0. The van der Waals surface area contributed by atoms with Crippen molar-refractivity contribution in [2.45, 2.75) is 277 Å². The van der Waals surface area contributed by atoms with Crippen molar-refractivity contribution in [3.63, 3.8) is 0 Å². The summed E-state index contributed by atoms with van der Waals surface area (Å²) in [5.41, 5.74) is 0. The third kappa shape index (κ3) is 79.3. The zero-order valence-electron chi connectivity index (χ0n) is 62.7. The highest BCUT2D eigenvalue weighted by atomic mass is 31.2. The van der Waals surface area contributed by atoms with E-state index in [-0.39, 0.29) is 32.0 Å². The van der Waals surface area contributed by atoms with Gasteiger partial charge in [0, 0.05) is 12.8 Å². The van der Waals surface area contributed by atoms with Crippen molar-refractivity contribution < 1.29 is 42.1 Å². The highest BCUT2D eigenvalue weighted by Crippen LogP contribution is 2.43. The monoisotopic (exact) mass is 1370 g/mol. The maximum absolute atomic E-state index is 12.9. The molecule has 0 fully saturated rings. The van der Waals surface area contributed by atoms with Gasteiger partial charge in [0.05, 0.1) is 27.7 Å². The van der Waals surface area contributed by atoms with Gasteiger partial charge in [-0.05, 0) is 154 Å². The molecule has 0 radical (unpaired) electrons. The van der Waals surface area contributed by atoms with Crippen molar-refractivity contribution in [3.8, 4) is 0 Å². The van der Waals surface area contributed by atoms with Gasteiger partial charge < -0.3 is 18.9 Å². The molecule has 98 heavy (non-hydrogen) atoms. The van der Waals surface area contributed by atoms with Crippen LogP contribution >= 0.6 is 7.82 Å². The molecule has 0 rings (SSSR count). The third-order valence-electron chi connectivity index (χ3n) is 15.5. The number of phosphoric ester groups is 1. The number of phosphoric acid groups is 1. The van der Waals surface area contributed by atoms with E-state index in [2.05, 4.69) is 233 Å². The topological polar surface area (TPSA) is 108 Å². The molecule has 0 aliphatic rings. The van der Waals surface area contributed by atoms with Gasteiger partial charge in [0.2, 0.25) is 0 Å². The smallest absolute Gasteiger partial charge is 0.462 e. The van der Waals surface area contributed by atoms with Gasteiger partial charge in [-0.15, -0.1) is 0 Å². The highest BCUT2D eigenvalue weighted by Gasteiger charge is 2.27. The molecule has 0 aliphatic heterocycles. The number of hydrogen-bond acceptors (Lipinski definition) is 7. The molecule has 0 heterocycles. The third-order valence-corrected chi connectivity index (χ3v) is 16.5. The fraction of sp³-hybridized carbons (Fsp3) is 0.568. The van der Waals surface area contributed by atoms with E-state index in [1.54, 1.807) is 0 Å². The first-order valence-electron chi connectivity index (χ1n) is 38.5. The van der Waals surface area contributed by atoms with Crippen LogP contribution in [0.3, 0.4) is 0 Å². The summed E-state index contributed by atoms with van der Waals surface area (Å²) < 4.78 is 34.8. The van der Waals surface area contributed by atoms with Crippen molar-refractivity contribution in [1.82, 2.24) is 0 Å². The van der Waals surface area contributed by atoms with Crippen LogP contribution in [0.1, 0.15) is 271 Å². The second-order valence-corrected chi connectivity index (χ2v) is 27.4. The number of ether oxygens (including phenoxy) is 2. The van der Waals surface area contributed by atoms with E-state index in [1.165, 1.54) is 57.8 Å². The average Bonchev–Trinajstić information content (AvgIpc) is 1.08. The number of hydrogen-bond donors (Lipinski definition) is 1. The molecule has 0 aliphatic carbocycles. The Morgan fingerprint density at radius 1 is 0.316 bits per heavy atom. The molecular weight excluding hydrogens is 1230 g/mol. The second-order valence-electron chi connectivity index (χ2n) is 25.9. The maximum atomic E-state index is 12.9. The number of nitrogens with zero attached hydrogens (tertiary/aromatic N) is 1. The van der Waals surface area contributed by atoms with Gasteiger partial charge >= 0.3 is 19.8 Å². The quantitative estimate of drug-likeness (QED) is 0.0211. The van der Waals surface area contributed by atoms with Crippen LogP contribution in [0.5, 0.6) is 0 Å². The SMILES string of the molecule is CC/C=C\C/C=C\C/C=C\C/C=C\C/C=C\C/C=C\C/C=C\C/C=C\C/C=C\C/C=C\CCCCCCCCC(=O)OC(COC(=O)CCCCCCCCCCCCCC/C=C\C/C=C\C/C=C\C/C=C\C/C=C\C/C=C\C/C=C\C/C=C\CC)COP(=O)(O)OCC[N+](C)(C)C. The standard InChI is InChI=1S/C88H140NO8P/c1-6-8-10-12-14-16-18-20-22-24-26-28-30-32-34-36-38-40-42-44-46-48-50-52-54-56-58-60-62-64-66-68-70-72-74-76-78-80-87(90)94-84-86(85-96-98(92,93)95-83-82-89(3,4)5)97-88(91)81-79-77-75-73-71-69-67-65-63-61-59-57-55-53-51-49-47-45-43-41-39-37-35-33-31-29-27-25-23-21-19-17-15-13-11-9-7-2/h8-11,14-17,20-23,26-29,32-35,38-41,44-47,50-53,57,59,63,65,86H,6-7,12-13,18-19,24-25,30-31,36-37,42-43,48-49,54-56,58,60-62,64,66-85H2,1-5H3/p+1/b10-8-,11-9-,16-14-,17-15-,22-20-,23-21-,28-26-,29-27-,34-32-,35-33-,40-38-,41-39-,46-44-,47-45-,52-50-,53-51-,59-57-,65-63-. The lowest BCUT2D eigenvalue weighted by molar-refractivity contribution is -0.870. The number of carbonyl (C=O) groups excluding carboxylic acids is 2. The van der Waals surface area contributed by atoms with Gasteiger partial charge in [0.25, 0.3) is 0 Å². The van der Waals surface area contributed by atoms with Crippen LogP contribution in [0, 0.1) is 0 Å². The number of rotatable bonds is 68. The van der Waals surface area contributed by atoms with Crippen molar-refractivity contribution in [3.05, 3.63) is 219 Å². The lowest BCUT2D eigenvalue weighted by Crippen LogP contribution is -2.37. The van der Waals surface area contributed by atoms with Crippen molar-refractivity contribution in [2.75, 3.05) is 47.5 Å². The van der Waals surface area contributed by atoms with Crippen molar-refractivity contribution in [2.24, 2.45) is 0 Å². The van der Waals surface area contributed by atoms with Crippen LogP contribution in [-0.2, 0) is 32.7 Å². The molecule has 0 saturated heterocycles. The Morgan fingerprint density at radius 2 is 0.551 bits per heavy atom. The number of quaternary nitrogens is 1. The van der Waals surface area contributed by atoms with E-state index >= 15 is 0 Å². The summed E-state index contributed by atoms with van der Waals surface area (Å²) in [4.78, 5) is 36.0. The van der Waals surface area contributed by atoms with E-state index in [0.717, 1.165) is 180 Å². The molecule has 0 aromatic heterocycles. The molecule has 1 N–H and O–H groups in total. The molecule has 9 nitrogen and oxygen atoms in total. The number of carbonyl (C=O) groups is 2. The molecule has 2 unspecified atom stereocenters. The van der Waals surface area contributed by atoms with Crippen LogP contribution < -0.4 is 0 Å². The van der Waals surface area contributed by atoms with Crippen LogP contribution in [-0.4, -0.2) is 74.9 Å². The minimum atomic E-state index is -4.42. The molecular formula is C88H141NO8P+. The van der Waals surface area contributed by atoms with Gasteiger partial charge in [-0.25, -0.2) is 4.57 Å². The van der Waals surface area contributed by atoms with Gasteiger partial charge in [0.1, 0.15) is 19.8 Å². The molecule has 550 valence electrons. The van der Waals surface area contributed by atoms with Gasteiger partial charge in [0.15, 0.2) is 6.10 Å². The van der Waals surface area contributed by atoms with Crippen LogP contribution in [0.25, 0.3) is 0 Å². The van der Waals surface area contributed by atoms with Crippen LogP contribution in [0.2, 0.25) is 0 Å². The second kappa shape index (κ2) is 75.5. The molecule has 0 spiro atoms. The molecule has 0 aromatic rings. The van der Waals surface area contributed by atoms with Crippen molar-refractivity contribution in [1.29, 1.82) is 0 Å². The minimum Gasteiger partial charge on any atom is -0.462 e. The first-order valence-corrected chi connectivity index (χ1v) is 40.0. The summed E-state index contributed by atoms with van der Waals surface area (Å²) in [6, 6.07) is 0. The summed E-state index contributed by atoms with van der Waals surface area (Å²) >= 11 is 0. The van der Waals surface area contributed by atoms with Gasteiger partial charge in [-0.1, -0.05) is 322 Å². The molecule has 10 heteroatoms. The molecule has 2 atom stereocenters. The molecule has 0 bridgehead atoms. The largest absolute Gasteiger partial charge is 0.472 e. The Balaban J connectivity index is 4.14. The Kier molecular flexibility index (Phi) is 71.2. The lowest BCUT2D eigenvalue weighted by atomic mass is 10.0.